The van der Waals surface area contributed by atoms with Crippen molar-refractivity contribution in [1.29, 1.82) is 0 Å². The molecule has 1 aliphatic heterocycles. The molecule has 1 heterocycles. The number of epoxide rings is 1. The van der Waals surface area contributed by atoms with Gasteiger partial charge in [-0.3, -0.25) is 0 Å². The lowest BCUT2D eigenvalue weighted by molar-refractivity contribution is 0.150. The predicted octanol–water partition coefficient (Wildman–Crippen LogP) is 2.15. The number of hydrogen-bond acceptors (Lipinski definition) is 2. The van der Waals surface area contributed by atoms with Crippen LogP contribution in [-0.4, -0.2) is 24.9 Å². The van der Waals surface area contributed by atoms with Crippen molar-refractivity contribution in [2.75, 3.05) is 13.2 Å². The van der Waals surface area contributed by atoms with Crippen LogP contribution in [0.5, 0.6) is 0 Å². The molecule has 70 valence electrons. The van der Waals surface area contributed by atoms with E-state index in [0.29, 0.717) is 12.7 Å². The molecule has 1 fully saturated rings. The zero-order valence-electron chi connectivity index (χ0n) is 8.01. The molecule has 0 aromatic rings. The first-order chi connectivity index (χ1) is 5.69. The van der Waals surface area contributed by atoms with Crippen LogP contribution in [-0.2, 0) is 9.47 Å². The van der Waals surface area contributed by atoms with E-state index in [1.165, 1.54) is 0 Å². The highest BCUT2D eigenvalue weighted by molar-refractivity contribution is 4.95. The second-order valence-electron chi connectivity index (χ2n) is 3.54. The second kappa shape index (κ2) is 4.06. The Labute approximate surface area is 74.6 Å². The molecule has 2 nitrogen and oxygen atoms in total. The predicted molar refractivity (Wildman–Crippen MR) is 49.2 cm³/mol. The van der Waals surface area contributed by atoms with Gasteiger partial charge in [0.1, 0.15) is 0 Å². The summed E-state index contributed by atoms with van der Waals surface area (Å²) < 4.78 is 10.7. The quantitative estimate of drug-likeness (QED) is 0.346. The van der Waals surface area contributed by atoms with Gasteiger partial charge in [-0.2, -0.15) is 0 Å². The lowest BCUT2D eigenvalue weighted by Crippen LogP contribution is -2.09. The molecule has 0 aromatic carbocycles. The summed E-state index contributed by atoms with van der Waals surface area (Å²) in [6.07, 6.45) is 4.40. The Morgan fingerprint density at radius 3 is 2.83 bits per heavy atom. The molecule has 0 amide bonds. The highest BCUT2D eigenvalue weighted by atomic mass is 16.6. The Morgan fingerprint density at radius 1 is 1.67 bits per heavy atom. The van der Waals surface area contributed by atoms with Gasteiger partial charge in [-0.1, -0.05) is 6.08 Å². The van der Waals surface area contributed by atoms with E-state index in [-0.39, 0.29) is 5.60 Å². The van der Waals surface area contributed by atoms with Crippen molar-refractivity contribution in [3.05, 3.63) is 12.7 Å². The van der Waals surface area contributed by atoms with Crippen LogP contribution in [0.4, 0.5) is 0 Å². The summed E-state index contributed by atoms with van der Waals surface area (Å²) in [7, 11) is 0. The van der Waals surface area contributed by atoms with Gasteiger partial charge in [0, 0.05) is 6.61 Å². The van der Waals surface area contributed by atoms with Crippen LogP contribution in [0.15, 0.2) is 12.7 Å². The normalized spacial score (nSPS) is 33.3. The minimum Gasteiger partial charge on any atom is -0.377 e. The van der Waals surface area contributed by atoms with Gasteiger partial charge < -0.3 is 9.47 Å². The standard InChI is InChI=1S/C10H18O2/c1-4-7-11-8-5-6-10(3)9(2)12-10/h4,9H,1,5-8H2,2-3H3. The SMILES string of the molecule is C=CCOCCCC1(C)OC1C. The van der Waals surface area contributed by atoms with E-state index >= 15 is 0 Å². The fraction of sp³-hybridized carbons (Fsp3) is 0.800. The third-order valence-corrected chi connectivity index (χ3v) is 2.45. The Morgan fingerprint density at radius 2 is 2.33 bits per heavy atom. The molecule has 12 heavy (non-hydrogen) atoms. The third kappa shape index (κ3) is 2.61. The van der Waals surface area contributed by atoms with Crippen LogP contribution in [0, 0.1) is 0 Å². The topological polar surface area (TPSA) is 21.8 Å². The molecule has 2 atom stereocenters. The summed E-state index contributed by atoms with van der Waals surface area (Å²) in [4.78, 5) is 0. The first-order valence-corrected chi connectivity index (χ1v) is 4.55. The Balaban J connectivity index is 1.93. The Hall–Kier alpha value is -0.340. The van der Waals surface area contributed by atoms with Gasteiger partial charge in [-0.15, -0.1) is 6.58 Å². The van der Waals surface area contributed by atoms with Gasteiger partial charge in [0.05, 0.1) is 18.3 Å². The van der Waals surface area contributed by atoms with Gasteiger partial charge in [0.2, 0.25) is 0 Å². The molecule has 0 spiro atoms. The van der Waals surface area contributed by atoms with Crippen molar-refractivity contribution in [1.82, 2.24) is 0 Å². The number of hydrogen-bond donors (Lipinski definition) is 0. The molecule has 0 radical (unpaired) electrons. The molecule has 0 aromatic heterocycles. The summed E-state index contributed by atoms with van der Waals surface area (Å²) in [5.74, 6) is 0. The van der Waals surface area contributed by atoms with E-state index < -0.39 is 0 Å². The highest BCUT2D eigenvalue weighted by Gasteiger charge is 2.47. The zero-order chi connectivity index (χ0) is 9.03. The molecular weight excluding hydrogens is 152 g/mol. The van der Waals surface area contributed by atoms with Crippen molar-refractivity contribution in [2.24, 2.45) is 0 Å². The maximum Gasteiger partial charge on any atom is 0.0918 e. The summed E-state index contributed by atoms with van der Waals surface area (Å²) in [5, 5.41) is 0. The molecule has 0 bridgehead atoms. The third-order valence-electron chi connectivity index (χ3n) is 2.45. The summed E-state index contributed by atoms with van der Waals surface area (Å²) >= 11 is 0. The van der Waals surface area contributed by atoms with E-state index in [1.54, 1.807) is 6.08 Å². The molecule has 2 heteroatoms. The van der Waals surface area contributed by atoms with Gasteiger partial charge in [0.25, 0.3) is 0 Å². The molecule has 2 unspecified atom stereocenters. The maximum atomic E-state index is 5.44. The van der Waals surface area contributed by atoms with Gasteiger partial charge in [-0.05, 0) is 26.7 Å². The fourth-order valence-electron chi connectivity index (χ4n) is 1.32. The first-order valence-electron chi connectivity index (χ1n) is 4.55. The van der Waals surface area contributed by atoms with E-state index in [4.69, 9.17) is 9.47 Å². The minimum atomic E-state index is 0.150. The first kappa shape index (κ1) is 9.75. The largest absolute Gasteiger partial charge is 0.377 e. The fourth-order valence-corrected chi connectivity index (χ4v) is 1.32. The zero-order valence-corrected chi connectivity index (χ0v) is 8.01. The highest BCUT2D eigenvalue weighted by Crippen LogP contribution is 2.39. The summed E-state index contributed by atoms with van der Waals surface area (Å²) in [6, 6.07) is 0. The van der Waals surface area contributed by atoms with E-state index in [9.17, 15) is 0 Å². The number of ether oxygens (including phenoxy) is 2. The van der Waals surface area contributed by atoms with E-state index in [2.05, 4.69) is 20.4 Å². The van der Waals surface area contributed by atoms with Crippen LogP contribution in [0.1, 0.15) is 26.7 Å². The maximum absolute atomic E-state index is 5.44. The Bertz CT molecular complexity index is 156. The van der Waals surface area contributed by atoms with Crippen LogP contribution < -0.4 is 0 Å². The molecule has 1 rings (SSSR count). The van der Waals surface area contributed by atoms with Crippen molar-refractivity contribution in [3.8, 4) is 0 Å². The van der Waals surface area contributed by atoms with Gasteiger partial charge in [-0.25, -0.2) is 0 Å². The average Bonchev–Trinajstić information content (AvgIpc) is 2.60. The van der Waals surface area contributed by atoms with Gasteiger partial charge in [0.15, 0.2) is 0 Å². The smallest absolute Gasteiger partial charge is 0.0918 e. The number of rotatable bonds is 6. The van der Waals surface area contributed by atoms with E-state index in [1.807, 2.05) is 0 Å². The van der Waals surface area contributed by atoms with Crippen molar-refractivity contribution < 1.29 is 9.47 Å². The molecular formula is C10H18O2. The van der Waals surface area contributed by atoms with Crippen LogP contribution in [0.2, 0.25) is 0 Å². The van der Waals surface area contributed by atoms with Gasteiger partial charge >= 0.3 is 0 Å². The average molecular weight is 170 g/mol. The lowest BCUT2D eigenvalue weighted by Gasteiger charge is -2.04. The van der Waals surface area contributed by atoms with Crippen molar-refractivity contribution >= 4 is 0 Å². The van der Waals surface area contributed by atoms with Crippen LogP contribution >= 0.6 is 0 Å². The van der Waals surface area contributed by atoms with Crippen molar-refractivity contribution in [3.63, 3.8) is 0 Å². The molecule has 1 aliphatic rings. The summed E-state index contributed by atoms with van der Waals surface area (Å²) in [6.45, 7) is 9.33. The van der Waals surface area contributed by atoms with E-state index in [0.717, 1.165) is 19.4 Å². The second-order valence-corrected chi connectivity index (χ2v) is 3.54. The van der Waals surface area contributed by atoms with Crippen molar-refractivity contribution in [2.45, 2.75) is 38.4 Å². The monoisotopic (exact) mass is 170 g/mol. The molecule has 0 saturated carbocycles. The molecule has 0 aliphatic carbocycles. The molecule has 0 N–H and O–H groups in total. The minimum absolute atomic E-state index is 0.150. The van der Waals surface area contributed by atoms with Crippen LogP contribution in [0.25, 0.3) is 0 Å². The van der Waals surface area contributed by atoms with Crippen LogP contribution in [0.3, 0.4) is 0 Å². The Kier molecular flexibility index (Phi) is 3.29. The lowest BCUT2D eigenvalue weighted by atomic mass is 10.0. The summed E-state index contributed by atoms with van der Waals surface area (Å²) in [5.41, 5.74) is 0.150. The molecule has 1 saturated heterocycles.